The van der Waals surface area contributed by atoms with Crippen molar-refractivity contribution < 1.29 is 0 Å². The number of rotatable bonds is 1. The molecule has 1 N–H and O–H groups in total. The number of benzene rings is 2. The molecule has 100 valence electrons. The summed E-state index contributed by atoms with van der Waals surface area (Å²) in [6, 6.07) is 19.1. The molecule has 0 spiro atoms. The molecule has 4 heteroatoms. The zero-order chi connectivity index (χ0) is 14.2. The normalized spacial score (nSPS) is 11.0. The Hall–Kier alpha value is -3.01. The van der Waals surface area contributed by atoms with Gasteiger partial charge in [-0.3, -0.25) is 4.79 Å². The largest absolute Gasteiger partial charge is 0.306 e. The molecule has 0 aliphatic carbocycles. The Morgan fingerprint density at radius 1 is 0.857 bits per heavy atom. The number of nitrogens with zero attached hydrogens (tertiary/aromatic N) is 2. The lowest BCUT2D eigenvalue weighted by atomic mass is 10.2. The summed E-state index contributed by atoms with van der Waals surface area (Å²) in [5.74, 6) is 0.538. The average Bonchev–Trinajstić information content (AvgIpc) is 2.54. The summed E-state index contributed by atoms with van der Waals surface area (Å²) in [6.07, 6.45) is 0. The second-order valence-corrected chi connectivity index (χ2v) is 4.83. The van der Waals surface area contributed by atoms with Crippen LogP contribution in [0.4, 0.5) is 0 Å². The van der Waals surface area contributed by atoms with Gasteiger partial charge in [0.1, 0.15) is 5.82 Å². The Balaban J connectivity index is 2.05. The molecule has 0 atom stereocenters. The van der Waals surface area contributed by atoms with Crippen molar-refractivity contribution in [3.8, 4) is 11.4 Å². The van der Waals surface area contributed by atoms with E-state index in [2.05, 4.69) is 15.0 Å². The maximum absolute atomic E-state index is 12.3. The molecular weight excluding hydrogens is 262 g/mol. The quantitative estimate of drug-likeness (QED) is 0.542. The molecule has 4 rings (SSSR count). The summed E-state index contributed by atoms with van der Waals surface area (Å²) >= 11 is 0. The Labute approximate surface area is 120 Å². The molecule has 2 aromatic heterocycles. The zero-order valence-corrected chi connectivity index (χ0v) is 11.1. The smallest absolute Gasteiger partial charge is 0.260 e. The molecule has 0 fully saturated rings. The molecule has 0 saturated carbocycles. The predicted molar refractivity (Wildman–Crippen MR) is 83.1 cm³/mol. The number of aromatic amines is 1. The summed E-state index contributed by atoms with van der Waals surface area (Å²) in [7, 11) is 0. The van der Waals surface area contributed by atoms with Gasteiger partial charge in [0, 0.05) is 10.9 Å². The third kappa shape index (κ3) is 1.97. The first-order valence-electron chi connectivity index (χ1n) is 6.66. The van der Waals surface area contributed by atoms with Crippen molar-refractivity contribution in [3.05, 3.63) is 71.0 Å². The first kappa shape index (κ1) is 11.8. The zero-order valence-electron chi connectivity index (χ0n) is 11.1. The molecule has 0 aliphatic rings. The van der Waals surface area contributed by atoms with E-state index < -0.39 is 0 Å². The van der Waals surface area contributed by atoms with Crippen LogP contribution < -0.4 is 5.56 Å². The molecule has 0 radical (unpaired) electrons. The van der Waals surface area contributed by atoms with Gasteiger partial charge >= 0.3 is 0 Å². The molecule has 4 nitrogen and oxygen atoms in total. The summed E-state index contributed by atoms with van der Waals surface area (Å²) in [4.78, 5) is 24.1. The highest BCUT2D eigenvalue weighted by atomic mass is 16.1. The fraction of sp³-hybridized carbons (Fsp3) is 0. The molecule has 2 heterocycles. The Kier molecular flexibility index (Phi) is 2.54. The Morgan fingerprint density at radius 2 is 1.62 bits per heavy atom. The number of pyridine rings is 1. The van der Waals surface area contributed by atoms with E-state index in [1.54, 1.807) is 0 Å². The van der Waals surface area contributed by atoms with Crippen LogP contribution in [0.2, 0.25) is 0 Å². The van der Waals surface area contributed by atoms with E-state index in [-0.39, 0.29) is 5.56 Å². The van der Waals surface area contributed by atoms with Crippen LogP contribution >= 0.6 is 0 Å². The van der Waals surface area contributed by atoms with Crippen molar-refractivity contribution in [2.45, 2.75) is 0 Å². The number of aromatic nitrogens is 3. The van der Waals surface area contributed by atoms with Crippen molar-refractivity contribution in [2.24, 2.45) is 0 Å². The van der Waals surface area contributed by atoms with Crippen LogP contribution in [-0.2, 0) is 0 Å². The predicted octanol–water partition coefficient (Wildman–Crippen LogP) is 3.14. The van der Waals surface area contributed by atoms with Crippen molar-refractivity contribution in [1.82, 2.24) is 15.0 Å². The number of para-hydroxylation sites is 1. The maximum atomic E-state index is 12.3. The topological polar surface area (TPSA) is 58.6 Å². The second-order valence-electron chi connectivity index (χ2n) is 4.83. The number of H-pyrrole nitrogens is 1. The van der Waals surface area contributed by atoms with Gasteiger partial charge in [0.2, 0.25) is 0 Å². The molecule has 21 heavy (non-hydrogen) atoms. The minimum Gasteiger partial charge on any atom is -0.306 e. The van der Waals surface area contributed by atoms with E-state index in [4.69, 9.17) is 0 Å². The molecule has 0 unspecified atom stereocenters. The minimum absolute atomic E-state index is 0.169. The maximum Gasteiger partial charge on any atom is 0.260 e. The van der Waals surface area contributed by atoms with Gasteiger partial charge in [0.15, 0.2) is 5.65 Å². The van der Waals surface area contributed by atoms with Crippen LogP contribution in [0.1, 0.15) is 0 Å². The standard InChI is InChI=1S/C17H11N3O/c21-17-13-10-12-8-4-5-9-14(12)18-16(13)19-15(20-17)11-6-2-1-3-7-11/h1-10H,(H,18,19,20,21). The van der Waals surface area contributed by atoms with E-state index >= 15 is 0 Å². The van der Waals surface area contributed by atoms with Gasteiger partial charge in [-0.25, -0.2) is 9.97 Å². The highest BCUT2D eigenvalue weighted by Crippen LogP contribution is 2.18. The molecular formula is C17H11N3O. The van der Waals surface area contributed by atoms with Crippen LogP contribution in [0.3, 0.4) is 0 Å². The Bertz CT molecular complexity index is 1010. The molecule has 2 aromatic carbocycles. The van der Waals surface area contributed by atoms with Gasteiger partial charge in [0.05, 0.1) is 10.9 Å². The van der Waals surface area contributed by atoms with E-state index in [1.807, 2.05) is 60.7 Å². The lowest BCUT2D eigenvalue weighted by Crippen LogP contribution is -2.10. The number of hydrogen-bond acceptors (Lipinski definition) is 3. The lowest BCUT2D eigenvalue weighted by molar-refractivity contribution is 1.16. The fourth-order valence-electron chi connectivity index (χ4n) is 2.40. The second kappa shape index (κ2) is 4.52. The van der Waals surface area contributed by atoms with Gasteiger partial charge < -0.3 is 4.98 Å². The van der Waals surface area contributed by atoms with E-state index in [0.29, 0.717) is 16.9 Å². The highest BCUT2D eigenvalue weighted by Gasteiger charge is 2.08. The van der Waals surface area contributed by atoms with Gasteiger partial charge in [-0.05, 0) is 12.1 Å². The summed E-state index contributed by atoms with van der Waals surface area (Å²) in [6.45, 7) is 0. The lowest BCUT2D eigenvalue weighted by Gasteiger charge is -2.04. The van der Waals surface area contributed by atoms with Crippen molar-refractivity contribution in [1.29, 1.82) is 0 Å². The van der Waals surface area contributed by atoms with Gasteiger partial charge in [0.25, 0.3) is 5.56 Å². The first-order chi connectivity index (χ1) is 10.3. The summed E-state index contributed by atoms with van der Waals surface area (Å²) < 4.78 is 0. The van der Waals surface area contributed by atoms with E-state index in [9.17, 15) is 4.79 Å². The third-order valence-electron chi connectivity index (χ3n) is 3.45. The van der Waals surface area contributed by atoms with Crippen molar-refractivity contribution >= 4 is 21.9 Å². The SMILES string of the molecule is O=c1[nH]c(-c2ccccc2)nc2nc3ccccc3cc12. The number of nitrogens with one attached hydrogen (secondary N) is 1. The van der Waals surface area contributed by atoms with Crippen LogP contribution in [0.5, 0.6) is 0 Å². The third-order valence-corrected chi connectivity index (χ3v) is 3.45. The van der Waals surface area contributed by atoms with Crippen LogP contribution in [-0.4, -0.2) is 15.0 Å². The van der Waals surface area contributed by atoms with Crippen molar-refractivity contribution in [2.75, 3.05) is 0 Å². The van der Waals surface area contributed by atoms with E-state index in [1.165, 1.54) is 0 Å². The fourth-order valence-corrected chi connectivity index (χ4v) is 2.40. The molecule has 0 amide bonds. The average molecular weight is 273 g/mol. The van der Waals surface area contributed by atoms with Crippen LogP contribution in [0.25, 0.3) is 33.3 Å². The highest BCUT2D eigenvalue weighted by molar-refractivity contribution is 5.90. The molecule has 4 aromatic rings. The summed E-state index contributed by atoms with van der Waals surface area (Å²) in [5.41, 5.74) is 2.00. The van der Waals surface area contributed by atoms with Crippen molar-refractivity contribution in [3.63, 3.8) is 0 Å². The number of fused-ring (bicyclic) bond motifs is 2. The van der Waals surface area contributed by atoms with E-state index in [0.717, 1.165) is 16.5 Å². The minimum atomic E-state index is -0.169. The first-order valence-corrected chi connectivity index (χ1v) is 6.66. The Morgan fingerprint density at radius 3 is 2.48 bits per heavy atom. The van der Waals surface area contributed by atoms with Gasteiger partial charge in [-0.1, -0.05) is 48.5 Å². The van der Waals surface area contributed by atoms with Crippen LogP contribution in [0.15, 0.2) is 65.5 Å². The summed E-state index contributed by atoms with van der Waals surface area (Å²) in [5, 5.41) is 1.44. The molecule has 0 aliphatic heterocycles. The molecule has 0 saturated heterocycles. The van der Waals surface area contributed by atoms with Crippen LogP contribution in [0, 0.1) is 0 Å². The molecule has 0 bridgehead atoms. The van der Waals surface area contributed by atoms with Gasteiger partial charge in [-0.15, -0.1) is 0 Å². The monoisotopic (exact) mass is 273 g/mol. The number of hydrogen-bond donors (Lipinski definition) is 1. The van der Waals surface area contributed by atoms with Gasteiger partial charge in [-0.2, -0.15) is 0 Å².